The Balaban J connectivity index is 0.00000364. The largest absolute Gasteiger partial charge is 0.416 e. The molecule has 0 bridgehead atoms. The first-order valence-corrected chi connectivity index (χ1v) is 8.21. The normalized spacial score (nSPS) is 17.6. The van der Waals surface area contributed by atoms with Crippen molar-refractivity contribution in [2.75, 3.05) is 6.61 Å². The summed E-state index contributed by atoms with van der Waals surface area (Å²) >= 11 is 5.98. The summed E-state index contributed by atoms with van der Waals surface area (Å²) in [4.78, 5) is 12.1. The number of carbonyl (C=O) groups is 1. The molecule has 0 aromatic heterocycles. The second kappa shape index (κ2) is 10.1. The summed E-state index contributed by atoms with van der Waals surface area (Å²) in [7, 11) is 0. The molecule has 0 saturated carbocycles. The predicted octanol–water partition coefficient (Wildman–Crippen LogP) is 4.48. The van der Waals surface area contributed by atoms with E-state index in [0.717, 1.165) is 31.2 Å². The summed E-state index contributed by atoms with van der Waals surface area (Å²) in [5.41, 5.74) is -0.520. The van der Waals surface area contributed by atoms with Gasteiger partial charge in [0.25, 0.3) is 5.91 Å². The molecule has 1 aromatic rings. The van der Waals surface area contributed by atoms with Crippen LogP contribution in [0.1, 0.15) is 37.8 Å². The van der Waals surface area contributed by atoms with Gasteiger partial charge in [0.15, 0.2) is 0 Å². The first-order valence-electron chi connectivity index (χ1n) is 7.83. The summed E-state index contributed by atoms with van der Waals surface area (Å²) in [6, 6.07) is 4.24. The van der Waals surface area contributed by atoms with Crippen LogP contribution in [0.15, 0.2) is 34.9 Å². The van der Waals surface area contributed by atoms with Gasteiger partial charge in [-0.05, 0) is 43.5 Å². The van der Waals surface area contributed by atoms with E-state index in [2.05, 4.69) is 17.2 Å². The van der Waals surface area contributed by atoms with Crippen molar-refractivity contribution in [2.45, 2.75) is 39.1 Å². The zero-order valence-corrected chi connectivity index (χ0v) is 14.4. The molecule has 1 atom stereocenters. The van der Waals surface area contributed by atoms with Crippen molar-refractivity contribution in [3.63, 3.8) is 0 Å². The summed E-state index contributed by atoms with van der Waals surface area (Å²) in [5, 5.41) is 9.69. The topological polar surface area (TPSA) is 62.2 Å². The van der Waals surface area contributed by atoms with E-state index < -0.39 is 23.9 Å². The van der Waals surface area contributed by atoms with E-state index in [-0.39, 0.29) is 18.0 Å². The lowest BCUT2D eigenvalue weighted by Crippen LogP contribution is -2.39. The molecule has 27 heavy (non-hydrogen) atoms. The van der Waals surface area contributed by atoms with Gasteiger partial charge in [-0.25, -0.2) is 0 Å². The summed E-state index contributed by atoms with van der Waals surface area (Å²) in [6.07, 6.45) is -1.50. The smallest absolute Gasteiger partial charge is 0.359 e. The van der Waals surface area contributed by atoms with Crippen LogP contribution < -0.4 is 5.32 Å². The van der Waals surface area contributed by atoms with Crippen LogP contribution in [0.5, 0.6) is 0 Å². The Labute approximate surface area is 161 Å². The van der Waals surface area contributed by atoms with Gasteiger partial charge < -0.3 is 15.5 Å². The van der Waals surface area contributed by atoms with Crippen molar-refractivity contribution in [3.05, 3.63) is 46.0 Å². The highest BCUT2D eigenvalue weighted by Crippen LogP contribution is 2.28. The molecule has 2 N–H and O–H groups in total. The number of ether oxygens (including phenoxy) is 1. The maximum atomic E-state index is 12.5. The van der Waals surface area contributed by atoms with Gasteiger partial charge in [-0.2, -0.15) is 13.2 Å². The lowest BCUT2D eigenvalue weighted by Gasteiger charge is -2.23. The van der Waals surface area contributed by atoms with Gasteiger partial charge in [0.1, 0.15) is 11.3 Å². The van der Waals surface area contributed by atoms with Crippen LogP contribution in [0.25, 0.3) is 0 Å². The Kier molecular flexibility index (Phi) is 8.54. The fourth-order valence-electron chi connectivity index (χ4n) is 2.22. The number of nitrogens with one attached hydrogen (secondary N) is 2. The third-order valence-corrected chi connectivity index (χ3v) is 3.98. The Morgan fingerprint density at radius 1 is 1.30 bits per heavy atom. The molecule has 1 heterocycles. The number of hydrogen-bond acceptors (Lipinski definition) is 3. The first kappa shape index (κ1) is 22.7. The van der Waals surface area contributed by atoms with Gasteiger partial charge in [0, 0.05) is 18.4 Å². The molecule has 1 aromatic carbocycles. The number of hydrogen-bond donors (Lipinski definition) is 2. The van der Waals surface area contributed by atoms with Crippen LogP contribution in [0, 0.1) is 17.3 Å². The zero-order valence-electron chi connectivity index (χ0n) is 13.6. The fraction of sp³-hybridized carbons (Fsp3) is 0.368. The first-order chi connectivity index (χ1) is 12.3. The molecule has 4 nitrogen and oxygen atoms in total. The molecule has 0 aliphatic carbocycles. The minimum atomic E-state index is -4.42. The lowest BCUT2D eigenvalue weighted by molar-refractivity contribution is -0.137. The van der Waals surface area contributed by atoms with Crippen LogP contribution >= 0.6 is 11.6 Å². The highest BCUT2D eigenvalue weighted by molar-refractivity contribution is 6.44. The Bertz CT molecular complexity index is 756. The number of rotatable bonds is 3. The second-order valence-corrected chi connectivity index (χ2v) is 5.90. The lowest BCUT2D eigenvalue weighted by atomic mass is 10.1. The van der Waals surface area contributed by atoms with Crippen molar-refractivity contribution in [1.82, 2.24) is 5.32 Å². The van der Waals surface area contributed by atoms with Gasteiger partial charge in [-0.1, -0.05) is 30.9 Å². The maximum absolute atomic E-state index is 12.5. The molecule has 0 spiro atoms. The van der Waals surface area contributed by atoms with E-state index in [4.69, 9.17) is 21.7 Å². The van der Waals surface area contributed by atoms with Gasteiger partial charge in [-0.15, -0.1) is 0 Å². The number of carbonyl (C=O) groups excluding carboxylic acids is 1. The summed E-state index contributed by atoms with van der Waals surface area (Å²) in [6.45, 7) is 0.553. The van der Waals surface area contributed by atoms with Gasteiger partial charge in [0.2, 0.25) is 0 Å². The highest BCUT2D eigenvalue weighted by Gasteiger charge is 2.29. The van der Waals surface area contributed by atoms with Gasteiger partial charge in [0.05, 0.1) is 11.1 Å². The monoisotopic (exact) mass is 400 g/mol. The maximum Gasteiger partial charge on any atom is 0.416 e. The van der Waals surface area contributed by atoms with Crippen molar-refractivity contribution in [2.24, 2.45) is 0 Å². The van der Waals surface area contributed by atoms with E-state index >= 15 is 0 Å². The molecular formula is C19H20ClF3N2O2. The van der Waals surface area contributed by atoms with Crippen molar-refractivity contribution < 1.29 is 22.7 Å². The molecule has 1 saturated heterocycles. The third-order valence-electron chi connectivity index (χ3n) is 3.61. The Hall–Kier alpha value is -2.30. The van der Waals surface area contributed by atoms with Crippen LogP contribution in [0.2, 0.25) is 0 Å². The van der Waals surface area contributed by atoms with E-state index in [1.807, 2.05) is 0 Å². The van der Waals surface area contributed by atoms with Crippen LogP contribution in [-0.4, -0.2) is 25.0 Å². The third kappa shape index (κ3) is 6.74. The highest BCUT2D eigenvalue weighted by atomic mass is 35.5. The number of allylic oxidation sites excluding steroid dienone is 1. The predicted molar refractivity (Wildman–Crippen MR) is 98.4 cm³/mol. The molecule has 1 aliphatic heterocycles. The molecule has 1 aliphatic rings. The zero-order chi connectivity index (χ0) is 19.2. The number of alkyl halides is 3. The van der Waals surface area contributed by atoms with Gasteiger partial charge >= 0.3 is 6.18 Å². The van der Waals surface area contributed by atoms with E-state index in [9.17, 15) is 18.0 Å². The Morgan fingerprint density at radius 3 is 2.48 bits per heavy atom. The average Bonchev–Trinajstić information content (AvgIpc) is 2.62. The molecule has 1 fully saturated rings. The molecular weight excluding hydrogens is 381 g/mol. The van der Waals surface area contributed by atoms with E-state index in [1.165, 1.54) is 12.1 Å². The van der Waals surface area contributed by atoms with Gasteiger partial charge in [-0.3, -0.25) is 4.79 Å². The molecule has 1 unspecified atom stereocenters. The second-order valence-electron chi connectivity index (χ2n) is 5.53. The SMILES string of the molecule is C.N=C/C(C#Cc1ccc(C(F)(F)F)cc1)=C(/Cl)C(=O)NC1CCCCO1. The van der Waals surface area contributed by atoms with E-state index in [1.54, 1.807) is 0 Å². The van der Waals surface area contributed by atoms with Crippen LogP contribution in [0.4, 0.5) is 13.2 Å². The number of halogens is 4. The quantitative estimate of drug-likeness (QED) is 0.446. The molecule has 8 heteroatoms. The molecule has 2 rings (SSSR count). The number of amides is 1. The molecule has 0 radical (unpaired) electrons. The van der Waals surface area contributed by atoms with Crippen LogP contribution in [-0.2, 0) is 15.7 Å². The minimum Gasteiger partial charge on any atom is -0.359 e. The van der Waals surface area contributed by atoms with Crippen LogP contribution in [0.3, 0.4) is 0 Å². The summed E-state index contributed by atoms with van der Waals surface area (Å²) in [5.74, 6) is 4.51. The molecule has 146 valence electrons. The summed E-state index contributed by atoms with van der Waals surface area (Å²) < 4.78 is 43.0. The standard InChI is InChI=1S/C18H16ClF3N2O2.CH4/c19-16(17(25)24-15-3-1-2-10-26-15)13(11-23)7-4-12-5-8-14(9-6-12)18(20,21)22;/h5-6,8-9,11,15,23H,1-3,10H2,(H,24,25);1H4/b16-13+,23-11?;. The number of benzene rings is 1. The average molecular weight is 401 g/mol. The van der Waals surface area contributed by atoms with Crippen molar-refractivity contribution >= 4 is 23.7 Å². The van der Waals surface area contributed by atoms with E-state index in [0.29, 0.717) is 18.6 Å². The van der Waals surface area contributed by atoms with Crippen molar-refractivity contribution in [1.29, 1.82) is 5.41 Å². The Morgan fingerprint density at radius 2 is 1.96 bits per heavy atom. The fourth-order valence-corrected chi connectivity index (χ4v) is 2.38. The molecule has 1 amide bonds. The minimum absolute atomic E-state index is 0. The van der Waals surface area contributed by atoms with Crippen molar-refractivity contribution in [3.8, 4) is 11.8 Å².